The van der Waals surface area contributed by atoms with E-state index >= 15 is 0 Å². The normalized spacial score (nSPS) is 25.4. The number of carbonyl (C=O) groups excluding carboxylic acids is 1. The van der Waals surface area contributed by atoms with Crippen LogP contribution in [0.2, 0.25) is 0 Å². The highest BCUT2D eigenvalue weighted by Crippen LogP contribution is 2.31. The molecular weight excluding hydrogens is 250 g/mol. The Morgan fingerprint density at radius 3 is 2.44 bits per heavy atom. The minimum atomic E-state index is -0.673. The molecule has 0 aliphatic heterocycles. The molecule has 1 saturated carbocycles. The Balaban J connectivity index is 2.18. The van der Waals surface area contributed by atoms with Crippen LogP contribution in [0.4, 0.5) is 0 Å². The molecule has 0 heterocycles. The second kappa shape index (κ2) is 7.67. The summed E-state index contributed by atoms with van der Waals surface area (Å²) < 4.78 is 0. The van der Waals surface area contributed by atoms with Crippen LogP contribution in [0.1, 0.15) is 46.0 Å². The quantitative estimate of drug-likeness (QED) is 0.779. The molecule has 1 aliphatic carbocycles. The van der Waals surface area contributed by atoms with E-state index in [1.807, 2.05) is 13.8 Å². The van der Waals surface area contributed by atoms with Gasteiger partial charge in [0.15, 0.2) is 0 Å². The fourth-order valence-electron chi connectivity index (χ4n) is 2.09. The van der Waals surface area contributed by atoms with Crippen LogP contribution in [-0.4, -0.2) is 34.0 Å². The molecular formula is C13H23NO3S. The van der Waals surface area contributed by atoms with Crippen LogP contribution < -0.4 is 5.32 Å². The lowest BCUT2D eigenvalue weighted by Crippen LogP contribution is -2.34. The van der Waals surface area contributed by atoms with Crippen LogP contribution in [-0.2, 0) is 9.59 Å². The summed E-state index contributed by atoms with van der Waals surface area (Å²) in [5.41, 5.74) is 0. The second-order valence-corrected chi connectivity index (χ2v) is 6.29. The number of hydrogen-bond donors (Lipinski definition) is 2. The first kappa shape index (κ1) is 15.3. The van der Waals surface area contributed by atoms with Crippen molar-refractivity contribution < 1.29 is 14.7 Å². The van der Waals surface area contributed by atoms with Crippen LogP contribution in [0.25, 0.3) is 0 Å². The number of carboxylic acid groups (broad SMARTS) is 1. The van der Waals surface area contributed by atoms with E-state index in [4.69, 9.17) is 5.11 Å². The summed E-state index contributed by atoms with van der Waals surface area (Å²) in [5, 5.41) is 12.3. The molecule has 4 nitrogen and oxygen atoms in total. The van der Waals surface area contributed by atoms with E-state index in [1.165, 1.54) is 0 Å². The summed E-state index contributed by atoms with van der Waals surface area (Å²) in [6.07, 6.45) is 4.27. The van der Waals surface area contributed by atoms with Crippen molar-refractivity contribution in [1.82, 2.24) is 5.32 Å². The van der Waals surface area contributed by atoms with Crippen molar-refractivity contribution in [1.29, 1.82) is 0 Å². The highest BCUT2D eigenvalue weighted by atomic mass is 32.2. The zero-order valence-corrected chi connectivity index (χ0v) is 12.0. The third-order valence-corrected chi connectivity index (χ3v) is 4.87. The predicted molar refractivity (Wildman–Crippen MR) is 73.7 cm³/mol. The number of thioether (sulfide) groups is 1. The first-order valence-corrected chi connectivity index (χ1v) is 7.71. The van der Waals surface area contributed by atoms with Gasteiger partial charge in [-0.3, -0.25) is 9.59 Å². The molecule has 0 aromatic heterocycles. The maximum atomic E-state index is 11.6. The molecule has 1 atom stereocenters. The van der Waals surface area contributed by atoms with Gasteiger partial charge in [-0.05, 0) is 39.0 Å². The van der Waals surface area contributed by atoms with E-state index < -0.39 is 5.97 Å². The smallest absolute Gasteiger partial charge is 0.306 e. The van der Waals surface area contributed by atoms with Crippen LogP contribution in [0.15, 0.2) is 0 Å². The SMILES string of the molecule is CCC(C)NC(=O)CSC1CCC(C(=O)O)CC1. The number of hydrogen-bond acceptors (Lipinski definition) is 3. The third kappa shape index (κ3) is 5.29. The van der Waals surface area contributed by atoms with Gasteiger partial charge >= 0.3 is 5.97 Å². The molecule has 0 aromatic rings. The van der Waals surface area contributed by atoms with Gasteiger partial charge in [0.05, 0.1) is 11.7 Å². The summed E-state index contributed by atoms with van der Waals surface area (Å²) in [6, 6.07) is 0.237. The highest BCUT2D eigenvalue weighted by Gasteiger charge is 2.26. The number of nitrogens with one attached hydrogen (secondary N) is 1. The third-order valence-electron chi connectivity index (χ3n) is 3.49. The first-order valence-electron chi connectivity index (χ1n) is 6.66. The maximum absolute atomic E-state index is 11.6. The van der Waals surface area contributed by atoms with E-state index in [1.54, 1.807) is 11.8 Å². The Morgan fingerprint density at radius 1 is 1.33 bits per heavy atom. The molecule has 1 rings (SSSR count). The molecule has 18 heavy (non-hydrogen) atoms. The minimum Gasteiger partial charge on any atom is -0.481 e. The summed E-state index contributed by atoms with van der Waals surface area (Å²) in [5.74, 6) is -0.259. The van der Waals surface area contributed by atoms with Gasteiger partial charge in [0, 0.05) is 11.3 Å². The van der Waals surface area contributed by atoms with Gasteiger partial charge in [-0.15, -0.1) is 11.8 Å². The molecule has 0 radical (unpaired) electrons. The summed E-state index contributed by atoms with van der Waals surface area (Å²) in [7, 11) is 0. The zero-order valence-electron chi connectivity index (χ0n) is 11.1. The molecule has 0 spiro atoms. The molecule has 104 valence electrons. The van der Waals surface area contributed by atoms with E-state index in [9.17, 15) is 9.59 Å². The number of amides is 1. The van der Waals surface area contributed by atoms with E-state index in [2.05, 4.69) is 5.32 Å². The van der Waals surface area contributed by atoms with Crippen molar-refractivity contribution in [2.75, 3.05) is 5.75 Å². The van der Waals surface area contributed by atoms with Gasteiger partial charge in [-0.25, -0.2) is 0 Å². The zero-order chi connectivity index (χ0) is 13.5. The molecule has 5 heteroatoms. The van der Waals surface area contributed by atoms with Gasteiger partial charge in [0.1, 0.15) is 0 Å². The standard InChI is InChI=1S/C13H23NO3S/c1-3-9(2)14-12(15)8-18-11-6-4-10(5-7-11)13(16)17/h9-11H,3-8H2,1-2H3,(H,14,15)(H,16,17). The van der Waals surface area contributed by atoms with Crippen molar-refractivity contribution in [3.05, 3.63) is 0 Å². The largest absolute Gasteiger partial charge is 0.481 e. The maximum Gasteiger partial charge on any atom is 0.306 e. The first-order chi connectivity index (χ1) is 8.52. The van der Waals surface area contributed by atoms with Crippen molar-refractivity contribution in [3.63, 3.8) is 0 Å². The molecule has 2 N–H and O–H groups in total. The molecule has 0 saturated heterocycles. The fourth-order valence-corrected chi connectivity index (χ4v) is 3.16. The van der Waals surface area contributed by atoms with Crippen molar-refractivity contribution in [2.24, 2.45) is 5.92 Å². The van der Waals surface area contributed by atoms with E-state index in [-0.39, 0.29) is 17.9 Å². The van der Waals surface area contributed by atoms with Crippen LogP contribution in [0.3, 0.4) is 0 Å². The number of carboxylic acids is 1. The van der Waals surface area contributed by atoms with Crippen molar-refractivity contribution >= 4 is 23.6 Å². The monoisotopic (exact) mass is 273 g/mol. The van der Waals surface area contributed by atoms with E-state index in [0.717, 1.165) is 32.1 Å². The Labute approximate surface area is 113 Å². The lowest BCUT2D eigenvalue weighted by atomic mass is 9.89. The topological polar surface area (TPSA) is 66.4 Å². The van der Waals surface area contributed by atoms with Crippen LogP contribution in [0.5, 0.6) is 0 Å². The molecule has 0 bridgehead atoms. The second-order valence-electron chi connectivity index (χ2n) is 5.00. The van der Waals surface area contributed by atoms with Crippen molar-refractivity contribution in [3.8, 4) is 0 Å². The highest BCUT2D eigenvalue weighted by molar-refractivity contribution is 8.00. The van der Waals surface area contributed by atoms with Gasteiger partial charge in [-0.1, -0.05) is 6.92 Å². The average molecular weight is 273 g/mol. The molecule has 1 fully saturated rings. The Morgan fingerprint density at radius 2 is 1.94 bits per heavy atom. The Hall–Kier alpha value is -0.710. The molecule has 1 aliphatic rings. The van der Waals surface area contributed by atoms with E-state index in [0.29, 0.717) is 11.0 Å². The van der Waals surface area contributed by atoms with Gasteiger partial charge in [0.2, 0.25) is 5.91 Å². The lowest BCUT2D eigenvalue weighted by Gasteiger charge is -2.25. The average Bonchev–Trinajstić information content (AvgIpc) is 2.36. The number of rotatable bonds is 6. The van der Waals surface area contributed by atoms with Gasteiger partial charge < -0.3 is 10.4 Å². The molecule has 1 unspecified atom stereocenters. The molecule has 1 amide bonds. The van der Waals surface area contributed by atoms with Gasteiger partial charge in [0.25, 0.3) is 0 Å². The minimum absolute atomic E-state index is 0.0923. The van der Waals surface area contributed by atoms with Gasteiger partial charge in [-0.2, -0.15) is 0 Å². The lowest BCUT2D eigenvalue weighted by molar-refractivity contribution is -0.142. The summed E-state index contributed by atoms with van der Waals surface area (Å²) in [4.78, 5) is 22.4. The van der Waals surface area contributed by atoms with Crippen LogP contribution in [0, 0.1) is 5.92 Å². The van der Waals surface area contributed by atoms with Crippen LogP contribution >= 0.6 is 11.8 Å². The summed E-state index contributed by atoms with van der Waals surface area (Å²) >= 11 is 1.67. The molecule has 0 aromatic carbocycles. The predicted octanol–water partition coefficient (Wildman–Crippen LogP) is 2.28. The summed E-state index contributed by atoms with van der Waals surface area (Å²) in [6.45, 7) is 4.05. The van der Waals surface area contributed by atoms with Crippen molar-refractivity contribution in [2.45, 2.75) is 57.2 Å². The number of aliphatic carboxylic acids is 1. The number of carbonyl (C=O) groups is 2. The Bertz CT molecular complexity index is 288. The fraction of sp³-hybridized carbons (Fsp3) is 0.846. The Kier molecular flexibility index (Phi) is 6.54.